The molecule has 1 unspecified atom stereocenters. The number of hydrogen-bond donors (Lipinski definition) is 2. The van der Waals surface area contributed by atoms with Gasteiger partial charge in [-0.3, -0.25) is 4.79 Å². The molecule has 28 heavy (non-hydrogen) atoms. The van der Waals surface area contributed by atoms with Crippen molar-refractivity contribution in [2.75, 3.05) is 26.7 Å². The second kappa shape index (κ2) is 5.84. The number of carbonyl (C=O) groups is 1. The van der Waals surface area contributed by atoms with E-state index in [1.54, 1.807) is 10.7 Å². The van der Waals surface area contributed by atoms with Crippen LogP contribution < -0.4 is 10.5 Å². The molecule has 1 atom stereocenters. The molecule has 2 fully saturated rings. The van der Waals surface area contributed by atoms with Crippen molar-refractivity contribution in [3.63, 3.8) is 0 Å². The fraction of sp³-hybridized carbons (Fsp3) is 0.429. The lowest BCUT2D eigenvalue weighted by atomic mass is 10.0. The number of aliphatic hydroxyl groups is 1. The first-order chi connectivity index (χ1) is 13.4. The molecule has 3 heterocycles. The first-order valence-corrected chi connectivity index (χ1v) is 9.49. The van der Waals surface area contributed by atoms with Gasteiger partial charge in [-0.1, -0.05) is 11.8 Å². The van der Waals surface area contributed by atoms with Crippen molar-refractivity contribution < 1.29 is 14.6 Å². The summed E-state index contributed by atoms with van der Waals surface area (Å²) in [5, 5.41) is 15.0. The lowest BCUT2D eigenvalue weighted by Gasteiger charge is -2.14. The van der Waals surface area contributed by atoms with Crippen molar-refractivity contribution in [2.24, 2.45) is 5.73 Å². The van der Waals surface area contributed by atoms with Crippen molar-refractivity contribution in [1.82, 2.24) is 14.7 Å². The number of nitrogens with zero attached hydrogens (tertiary/aromatic N) is 3. The van der Waals surface area contributed by atoms with Gasteiger partial charge in [0.05, 0.1) is 12.3 Å². The Bertz CT molecular complexity index is 1040. The Morgan fingerprint density at radius 1 is 1.32 bits per heavy atom. The molecule has 1 spiro atoms. The van der Waals surface area contributed by atoms with Crippen LogP contribution in [0.1, 0.15) is 41.0 Å². The van der Waals surface area contributed by atoms with Gasteiger partial charge in [0.1, 0.15) is 17.0 Å². The van der Waals surface area contributed by atoms with Crippen LogP contribution in [0.2, 0.25) is 0 Å². The molecule has 3 aliphatic rings. The number of ether oxygens (including phenoxy) is 1. The number of amides is 1. The molecule has 7 nitrogen and oxygen atoms in total. The predicted molar refractivity (Wildman–Crippen MR) is 102 cm³/mol. The largest absolute Gasteiger partial charge is 0.490 e. The first kappa shape index (κ1) is 17.3. The average molecular weight is 378 g/mol. The summed E-state index contributed by atoms with van der Waals surface area (Å²) in [6.45, 7) is 1.93. The maximum Gasteiger partial charge on any atom is 0.269 e. The lowest BCUT2D eigenvalue weighted by molar-refractivity contribution is 0.0995. The fourth-order valence-electron chi connectivity index (χ4n) is 4.06. The lowest BCUT2D eigenvalue weighted by Crippen LogP contribution is -2.29. The number of primary amides is 1. The highest BCUT2D eigenvalue weighted by atomic mass is 16.5. The molecular weight excluding hydrogens is 356 g/mol. The van der Waals surface area contributed by atoms with E-state index in [9.17, 15) is 9.90 Å². The van der Waals surface area contributed by atoms with Crippen LogP contribution in [0.4, 0.5) is 0 Å². The van der Waals surface area contributed by atoms with E-state index in [2.05, 4.69) is 21.8 Å². The first-order valence-electron chi connectivity index (χ1n) is 9.49. The van der Waals surface area contributed by atoms with Crippen LogP contribution in [-0.2, 0) is 5.41 Å². The number of carbonyl (C=O) groups excluding carboxylic acids is 1. The molecule has 1 amide bonds. The summed E-state index contributed by atoms with van der Waals surface area (Å²) in [5.74, 6) is 6.29. The molecule has 0 bridgehead atoms. The van der Waals surface area contributed by atoms with Crippen LogP contribution >= 0.6 is 0 Å². The van der Waals surface area contributed by atoms with E-state index in [-0.39, 0.29) is 11.1 Å². The molecule has 1 aliphatic carbocycles. The Hall–Kier alpha value is -2.82. The van der Waals surface area contributed by atoms with Gasteiger partial charge in [0.2, 0.25) is 0 Å². The van der Waals surface area contributed by atoms with E-state index in [1.165, 1.54) is 0 Å². The zero-order chi connectivity index (χ0) is 19.5. The zero-order valence-corrected chi connectivity index (χ0v) is 15.7. The molecule has 1 aromatic heterocycles. The number of nitrogens with two attached hydrogens (primary N) is 1. The molecule has 1 saturated heterocycles. The summed E-state index contributed by atoms with van der Waals surface area (Å²) in [5.41, 5.74) is 7.11. The van der Waals surface area contributed by atoms with Crippen LogP contribution in [0, 0.1) is 11.8 Å². The molecule has 3 N–H and O–H groups in total. The van der Waals surface area contributed by atoms with Crippen LogP contribution in [0.5, 0.6) is 5.75 Å². The number of likely N-dealkylation sites (tertiary alicyclic amines) is 1. The number of β-amino-alcohol motifs (C(OH)–C–C–N with tert-alkyl or cyclic N) is 1. The monoisotopic (exact) mass is 378 g/mol. The third-order valence-electron chi connectivity index (χ3n) is 5.93. The fourth-order valence-corrected chi connectivity index (χ4v) is 4.06. The Morgan fingerprint density at radius 3 is 2.82 bits per heavy atom. The van der Waals surface area contributed by atoms with Crippen molar-refractivity contribution in [3.05, 3.63) is 41.2 Å². The second-order valence-corrected chi connectivity index (χ2v) is 8.21. The normalized spacial score (nSPS) is 24.5. The molecule has 7 heteroatoms. The smallest absolute Gasteiger partial charge is 0.269 e. The van der Waals surface area contributed by atoms with Gasteiger partial charge in [-0.05, 0) is 44.2 Å². The summed E-state index contributed by atoms with van der Waals surface area (Å²) in [7, 11) is 1.97. The Kier molecular flexibility index (Phi) is 3.60. The Morgan fingerprint density at radius 2 is 2.14 bits per heavy atom. The van der Waals surface area contributed by atoms with E-state index in [1.807, 2.05) is 25.2 Å². The quantitative estimate of drug-likeness (QED) is 0.717. The van der Waals surface area contributed by atoms with Crippen LogP contribution in [0.15, 0.2) is 24.3 Å². The summed E-state index contributed by atoms with van der Waals surface area (Å²) in [4.78, 5) is 13.8. The molecular formula is C21H22N4O3. The SMILES string of the molecule is CN1CCC(O)(C#Cc2ccc3c(c2)-n2nc(C(N)=O)cc2C2(CC2)CO3)C1. The topological polar surface area (TPSA) is 93.6 Å². The van der Waals surface area contributed by atoms with Gasteiger partial charge in [0, 0.05) is 30.5 Å². The number of aromatic nitrogens is 2. The average Bonchev–Trinajstić information content (AvgIpc) is 3.21. The Labute approximate surface area is 163 Å². The van der Waals surface area contributed by atoms with Crippen molar-refractivity contribution in [3.8, 4) is 23.3 Å². The maximum absolute atomic E-state index is 11.7. The highest BCUT2D eigenvalue weighted by Gasteiger charge is 2.50. The van der Waals surface area contributed by atoms with E-state index in [0.29, 0.717) is 25.3 Å². The zero-order valence-electron chi connectivity index (χ0n) is 15.7. The van der Waals surface area contributed by atoms with Crippen LogP contribution in [0.3, 0.4) is 0 Å². The van der Waals surface area contributed by atoms with Gasteiger partial charge in [-0.15, -0.1) is 0 Å². The molecule has 0 radical (unpaired) electrons. The molecule has 1 aromatic carbocycles. The third-order valence-corrected chi connectivity index (χ3v) is 5.93. The number of benzene rings is 1. The summed E-state index contributed by atoms with van der Waals surface area (Å²) in [6.07, 6.45) is 2.63. The van der Waals surface area contributed by atoms with Crippen LogP contribution in [0.25, 0.3) is 5.69 Å². The van der Waals surface area contributed by atoms with Crippen molar-refractivity contribution >= 4 is 5.91 Å². The summed E-state index contributed by atoms with van der Waals surface area (Å²) < 4.78 is 7.83. The highest BCUT2D eigenvalue weighted by Crippen LogP contribution is 2.51. The molecule has 5 rings (SSSR count). The van der Waals surface area contributed by atoms with E-state index in [4.69, 9.17) is 10.5 Å². The molecule has 144 valence electrons. The number of fused-ring (bicyclic) bond motifs is 4. The minimum atomic E-state index is -0.980. The molecule has 1 saturated carbocycles. The third kappa shape index (κ3) is 2.77. The van der Waals surface area contributed by atoms with Gasteiger partial charge in [-0.25, -0.2) is 4.68 Å². The number of likely N-dealkylation sites (N-methyl/N-ethyl adjacent to an activating group) is 1. The van der Waals surface area contributed by atoms with E-state index >= 15 is 0 Å². The van der Waals surface area contributed by atoms with Gasteiger partial charge >= 0.3 is 0 Å². The van der Waals surface area contributed by atoms with Gasteiger partial charge in [-0.2, -0.15) is 5.10 Å². The maximum atomic E-state index is 11.7. The van der Waals surface area contributed by atoms with Gasteiger partial charge in [0.15, 0.2) is 5.69 Å². The summed E-state index contributed by atoms with van der Waals surface area (Å²) in [6, 6.07) is 7.44. The highest BCUT2D eigenvalue weighted by molar-refractivity contribution is 5.91. The van der Waals surface area contributed by atoms with Crippen molar-refractivity contribution in [1.29, 1.82) is 0 Å². The van der Waals surface area contributed by atoms with Gasteiger partial charge in [0.25, 0.3) is 5.91 Å². The Balaban J connectivity index is 1.57. The second-order valence-electron chi connectivity index (χ2n) is 8.21. The minimum absolute atomic E-state index is 0.102. The van der Waals surface area contributed by atoms with Crippen molar-refractivity contribution in [2.45, 2.75) is 30.3 Å². The predicted octanol–water partition coefficient (Wildman–Crippen LogP) is 0.813. The number of rotatable bonds is 1. The van der Waals surface area contributed by atoms with E-state index in [0.717, 1.165) is 36.3 Å². The standard InChI is InChI=1S/C21H22N4O3/c1-24-9-8-21(27,12-24)5-4-14-2-3-17-16(10-14)25-18(11-15(23-25)19(22)26)20(6-7-20)13-28-17/h2-3,10-11,27H,6-9,12-13H2,1H3,(H2,22,26). The molecule has 2 aliphatic heterocycles. The summed E-state index contributed by atoms with van der Waals surface area (Å²) >= 11 is 0. The van der Waals surface area contributed by atoms with E-state index < -0.39 is 11.5 Å². The van der Waals surface area contributed by atoms with Crippen LogP contribution in [-0.4, -0.2) is 58.0 Å². The minimum Gasteiger partial charge on any atom is -0.490 e. The number of hydrogen-bond acceptors (Lipinski definition) is 5. The molecule has 2 aromatic rings. The van der Waals surface area contributed by atoms with Gasteiger partial charge < -0.3 is 20.5 Å².